The summed E-state index contributed by atoms with van der Waals surface area (Å²) in [6.45, 7) is 4.52. The summed E-state index contributed by atoms with van der Waals surface area (Å²) >= 11 is 7.48. The Hall–Kier alpha value is -3.16. The molecule has 0 spiro atoms. The molecule has 5 rings (SSSR count). The van der Waals surface area contributed by atoms with Crippen molar-refractivity contribution in [2.24, 2.45) is 0 Å². The number of ether oxygens (including phenoxy) is 1. The first-order chi connectivity index (χ1) is 15.5. The molecule has 3 heterocycles. The first-order valence-corrected chi connectivity index (χ1v) is 11.5. The molecule has 4 aromatic rings. The van der Waals surface area contributed by atoms with Gasteiger partial charge in [-0.25, -0.2) is 4.98 Å². The SMILES string of the molecule is CCCOc1ccc(C2c3c(oc4ccc(Cl)cc4c3=O)C(=O)N2c2nc(C)cs2)cc1. The van der Waals surface area contributed by atoms with Crippen molar-refractivity contribution < 1.29 is 13.9 Å². The fourth-order valence-corrected chi connectivity index (χ4v) is 4.88. The van der Waals surface area contributed by atoms with Gasteiger partial charge in [0.1, 0.15) is 11.3 Å². The molecule has 0 N–H and O–H groups in total. The average Bonchev–Trinajstić information content (AvgIpc) is 3.34. The minimum atomic E-state index is -0.664. The van der Waals surface area contributed by atoms with Crippen LogP contribution in [-0.4, -0.2) is 17.5 Å². The zero-order valence-corrected chi connectivity index (χ0v) is 19.0. The molecule has 0 saturated carbocycles. The Morgan fingerprint density at radius 1 is 1.19 bits per heavy atom. The second-order valence-electron chi connectivity index (χ2n) is 7.58. The zero-order valence-electron chi connectivity index (χ0n) is 17.4. The summed E-state index contributed by atoms with van der Waals surface area (Å²) in [5.74, 6) is 0.378. The Kier molecular flexibility index (Phi) is 5.23. The Balaban J connectivity index is 1.72. The standard InChI is InChI=1S/C24H19ClN2O4S/c1-3-10-30-16-7-4-14(5-8-16)20-19-21(28)17-11-15(25)6-9-18(17)31-22(19)23(29)27(20)24-26-13(2)12-32-24/h4-9,11-12,20H,3,10H2,1-2H3. The molecule has 0 fully saturated rings. The van der Waals surface area contributed by atoms with Crippen molar-refractivity contribution >= 4 is 44.9 Å². The predicted molar refractivity (Wildman–Crippen MR) is 125 cm³/mol. The molecule has 1 aliphatic heterocycles. The lowest BCUT2D eigenvalue weighted by atomic mass is 9.98. The quantitative estimate of drug-likeness (QED) is 0.374. The van der Waals surface area contributed by atoms with E-state index in [1.807, 2.05) is 43.5 Å². The number of benzene rings is 2. The van der Waals surface area contributed by atoms with Crippen LogP contribution in [0.15, 0.2) is 57.1 Å². The summed E-state index contributed by atoms with van der Waals surface area (Å²) < 4.78 is 11.6. The summed E-state index contributed by atoms with van der Waals surface area (Å²) in [6, 6.07) is 11.6. The van der Waals surface area contributed by atoms with Gasteiger partial charge in [0, 0.05) is 10.4 Å². The number of aryl methyl sites for hydroxylation is 1. The molecule has 0 radical (unpaired) electrons. The van der Waals surface area contributed by atoms with E-state index in [-0.39, 0.29) is 17.1 Å². The maximum absolute atomic E-state index is 13.6. The van der Waals surface area contributed by atoms with Crippen LogP contribution in [0.1, 0.15) is 46.8 Å². The number of aromatic nitrogens is 1. The molecular formula is C24H19ClN2O4S. The fraction of sp³-hybridized carbons (Fsp3) is 0.208. The van der Waals surface area contributed by atoms with E-state index in [4.69, 9.17) is 20.8 Å². The monoisotopic (exact) mass is 466 g/mol. The molecule has 32 heavy (non-hydrogen) atoms. The summed E-state index contributed by atoms with van der Waals surface area (Å²) in [5.41, 5.74) is 1.91. The third kappa shape index (κ3) is 3.38. The normalized spacial score (nSPS) is 15.4. The Morgan fingerprint density at radius 2 is 1.97 bits per heavy atom. The number of anilines is 1. The van der Waals surface area contributed by atoms with Crippen molar-refractivity contribution in [3.05, 3.63) is 85.7 Å². The maximum atomic E-state index is 13.6. The highest BCUT2D eigenvalue weighted by atomic mass is 35.5. The Labute approximate surface area is 193 Å². The number of halogens is 1. The van der Waals surface area contributed by atoms with Crippen LogP contribution < -0.4 is 15.1 Å². The summed E-state index contributed by atoms with van der Waals surface area (Å²) in [7, 11) is 0. The third-order valence-corrected chi connectivity index (χ3v) is 6.51. The molecule has 0 aliphatic carbocycles. The number of carbonyl (C=O) groups excluding carboxylic acids is 1. The van der Waals surface area contributed by atoms with E-state index in [0.29, 0.717) is 33.3 Å². The van der Waals surface area contributed by atoms with Crippen LogP contribution in [0.25, 0.3) is 11.0 Å². The Morgan fingerprint density at radius 3 is 2.66 bits per heavy atom. The molecule has 1 atom stereocenters. The topological polar surface area (TPSA) is 72.6 Å². The second kappa shape index (κ2) is 8.07. The largest absolute Gasteiger partial charge is 0.494 e. The van der Waals surface area contributed by atoms with Gasteiger partial charge < -0.3 is 9.15 Å². The lowest BCUT2D eigenvalue weighted by Crippen LogP contribution is -2.29. The van der Waals surface area contributed by atoms with Crippen LogP contribution in [0.3, 0.4) is 0 Å². The molecule has 6 nitrogen and oxygen atoms in total. The van der Waals surface area contributed by atoms with Crippen LogP contribution in [-0.2, 0) is 0 Å². The number of hydrogen-bond acceptors (Lipinski definition) is 6. The summed E-state index contributed by atoms with van der Waals surface area (Å²) in [6.07, 6.45) is 0.903. The van der Waals surface area contributed by atoms with E-state index >= 15 is 0 Å². The van der Waals surface area contributed by atoms with Gasteiger partial charge in [0.2, 0.25) is 5.76 Å². The van der Waals surface area contributed by atoms with Crippen LogP contribution in [0.2, 0.25) is 5.02 Å². The van der Waals surface area contributed by atoms with Crippen LogP contribution in [0, 0.1) is 6.92 Å². The van der Waals surface area contributed by atoms with Crippen molar-refractivity contribution in [3.8, 4) is 5.75 Å². The van der Waals surface area contributed by atoms with Gasteiger partial charge in [0.15, 0.2) is 10.6 Å². The lowest BCUT2D eigenvalue weighted by Gasteiger charge is -2.22. The van der Waals surface area contributed by atoms with E-state index in [1.165, 1.54) is 16.2 Å². The van der Waals surface area contributed by atoms with E-state index in [0.717, 1.165) is 23.4 Å². The molecule has 0 bridgehead atoms. The smallest absolute Gasteiger partial charge is 0.297 e. The van der Waals surface area contributed by atoms with Gasteiger partial charge in [-0.2, -0.15) is 0 Å². The van der Waals surface area contributed by atoms with Gasteiger partial charge >= 0.3 is 0 Å². The molecular weight excluding hydrogens is 448 g/mol. The highest BCUT2D eigenvalue weighted by molar-refractivity contribution is 7.14. The fourth-order valence-electron chi connectivity index (χ4n) is 3.88. The molecule has 2 aromatic carbocycles. The van der Waals surface area contributed by atoms with E-state index in [9.17, 15) is 9.59 Å². The van der Waals surface area contributed by atoms with Gasteiger partial charge in [-0.15, -0.1) is 11.3 Å². The number of thiazole rings is 1. The number of fused-ring (bicyclic) bond motifs is 2. The second-order valence-corrected chi connectivity index (χ2v) is 8.85. The van der Waals surface area contributed by atoms with Gasteiger partial charge in [-0.3, -0.25) is 14.5 Å². The van der Waals surface area contributed by atoms with Gasteiger partial charge in [0.05, 0.1) is 29.3 Å². The van der Waals surface area contributed by atoms with Gasteiger partial charge in [-0.05, 0) is 49.2 Å². The highest BCUT2D eigenvalue weighted by Crippen LogP contribution is 2.42. The van der Waals surface area contributed by atoms with Gasteiger partial charge in [0.25, 0.3) is 5.91 Å². The predicted octanol–water partition coefficient (Wildman–Crippen LogP) is 5.75. The molecule has 0 saturated heterocycles. The first-order valence-electron chi connectivity index (χ1n) is 10.2. The van der Waals surface area contributed by atoms with E-state index in [1.54, 1.807) is 18.2 Å². The molecule has 2 aromatic heterocycles. The van der Waals surface area contributed by atoms with Crippen molar-refractivity contribution in [1.29, 1.82) is 0 Å². The summed E-state index contributed by atoms with van der Waals surface area (Å²) in [5, 5.41) is 3.15. The number of carbonyl (C=O) groups is 1. The highest BCUT2D eigenvalue weighted by Gasteiger charge is 2.44. The minimum Gasteiger partial charge on any atom is -0.494 e. The molecule has 1 amide bonds. The number of rotatable bonds is 5. The third-order valence-electron chi connectivity index (χ3n) is 5.31. The van der Waals surface area contributed by atoms with Crippen molar-refractivity contribution in [2.45, 2.75) is 26.3 Å². The summed E-state index contributed by atoms with van der Waals surface area (Å²) in [4.78, 5) is 33.1. The Bertz CT molecular complexity index is 1390. The maximum Gasteiger partial charge on any atom is 0.297 e. The van der Waals surface area contributed by atoms with Crippen molar-refractivity contribution in [2.75, 3.05) is 11.5 Å². The average molecular weight is 467 g/mol. The van der Waals surface area contributed by atoms with Crippen LogP contribution in [0.4, 0.5) is 5.13 Å². The van der Waals surface area contributed by atoms with E-state index in [2.05, 4.69) is 4.98 Å². The van der Waals surface area contributed by atoms with Gasteiger partial charge in [-0.1, -0.05) is 30.7 Å². The lowest BCUT2D eigenvalue weighted by molar-refractivity contribution is 0.0971. The molecule has 1 unspecified atom stereocenters. The first kappa shape index (κ1) is 20.7. The van der Waals surface area contributed by atoms with E-state index < -0.39 is 6.04 Å². The van der Waals surface area contributed by atoms with Crippen molar-refractivity contribution in [3.63, 3.8) is 0 Å². The zero-order chi connectivity index (χ0) is 22.4. The van der Waals surface area contributed by atoms with Crippen LogP contribution >= 0.6 is 22.9 Å². The van der Waals surface area contributed by atoms with Crippen molar-refractivity contribution in [1.82, 2.24) is 4.98 Å². The molecule has 8 heteroatoms. The minimum absolute atomic E-state index is 0.0361. The number of nitrogens with zero attached hydrogens (tertiary/aromatic N) is 2. The molecule has 162 valence electrons. The number of hydrogen-bond donors (Lipinski definition) is 0. The molecule has 1 aliphatic rings. The van der Waals surface area contributed by atoms with Crippen LogP contribution in [0.5, 0.6) is 5.75 Å². The number of amides is 1.